The molecule has 2 amide bonds. The Bertz CT molecular complexity index is 1180. The Morgan fingerprint density at radius 2 is 1.72 bits per heavy atom. The maximum atomic E-state index is 13.6. The lowest BCUT2D eigenvalue weighted by atomic mass is 9.93. The minimum absolute atomic E-state index is 0.196. The Labute approximate surface area is 212 Å². The fraction of sp³-hybridized carbons (Fsp3) is 0.267. The zero-order valence-electron chi connectivity index (χ0n) is 20.5. The van der Waals surface area contributed by atoms with Gasteiger partial charge in [-0.1, -0.05) is 72.8 Å². The molecule has 36 heavy (non-hydrogen) atoms. The van der Waals surface area contributed by atoms with Crippen molar-refractivity contribution in [2.24, 2.45) is 5.92 Å². The second-order valence-corrected chi connectivity index (χ2v) is 8.81. The van der Waals surface area contributed by atoms with E-state index in [9.17, 15) is 9.59 Å². The van der Waals surface area contributed by atoms with Crippen molar-refractivity contribution in [1.29, 1.82) is 0 Å². The molecule has 4 rings (SSSR count). The molecule has 1 fully saturated rings. The number of hydrogen-bond donors (Lipinski definition) is 0. The minimum atomic E-state index is -0.586. The van der Waals surface area contributed by atoms with E-state index in [0.29, 0.717) is 37.4 Å². The average Bonchev–Trinajstić information content (AvgIpc) is 3.27. The van der Waals surface area contributed by atoms with E-state index in [-0.39, 0.29) is 18.6 Å². The second-order valence-electron chi connectivity index (χ2n) is 8.81. The zero-order valence-corrected chi connectivity index (χ0v) is 20.5. The third kappa shape index (κ3) is 6.13. The van der Waals surface area contributed by atoms with Gasteiger partial charge in [-0.2, -0.15) is 0 Å². The van der Waals surface area contributed by atoms with E-state index in [4.69, 9.17) is 14.2 Å². The van der Waals surface area contributed by atoms with Gasteiger partial charge in [-0.3, -0.25) is 4.79 Å². The molecule has 2 atom stereocenters. The third-order valence-electron chi connectivity index (χ3n) is 6.26. The van der Waals surface area contributed by atoms with Crippen LogP contribution in [-0.2, 0) is 29.0 Å². The summed E-state index contributed by atoms with van der Waals surface area (Å²) in [4.78, 5) is 27.4. The van der Waals surface area contributed by atoms with Gasteiger partial charge in [0.25, 0.3) is 0 Å². The fourth-order valence-electron chi connectivity index (χ4n) is 4.41. The van der Waals surface area contributed by atoms with Gasteiger partial charge in [0, 0.05) is 5.92 Å². The largest absolute Gasteiger partial charge is 0.493 e. The Morgan fingerprint density at radius 1 is 1.03 bits per heavy atom. The highest BCUT2D eigenvalue weighted by molar-refractivity contribution is 5.95. The predicted octanol–water partition coefficient (Wildman–Crippen LogP) is 5.60. The molecule has 0 saturated carbocycles. The van der Waals surface area contributed by atoms with Crippen LogP contribution >= 0.6 is 0 Å². The minimum Gasteiger partial charge on any atom is -0.493 e. The smallest absolute Gasteiger partial charge is 0.416 e. The van der Waals surface area contributed by atoms with Gasteiger partial charge in [0.1, 0.15) is 13.2 Å². The van der Waals surface area contributed by atoms with Crippen LogP contribution in [0, 0.1) is 5.92 Å². The molecule has 3 aromatic rings. The number of benzene rings is 3. The van der Waals surface area contributed by atoms with Gasteiger partial charge in [-0.15, -0.1) is 6.58 Å². The third-order valence-corrected chi connectivity index (χ3v) is 6.26. The quantitative estimate of drug-likeness (QED) is 0.331. The van der Waals surface area contributed by atoms with E-state index in [1.807, 2.05) is 78.9 Å². The van der Waals surface area contributed by atoms with Gasteiger partial charge in [-0.25, -0.2) is 9.69 Å². The molecule has 6 heteroatoms. The van der Waals surface area contributed by atoms with E-state index >= 15 is 0 Å². The number of carbonyl (C=O) groups is 2. The highest BCUT2D eigenvalue weighted by Gasteiger charge is 2.40. The van der Waals surface area contributed by atoms with Crippen LogP contribution in [-0.4, -0.2) is 36.7 Å². The number of hydrogen-bond acceptors (Lipinski definition) is 5. The molecule has 0 bridgehead atoms. The van der Waals surface area contributed by atoms with Gasteiger partial charge in [0.05, 0.1) is 13.2 Å². The van der Waals surface area contributed by atoms with Crippen LogP contribution in [0.5, 0.6) is 11.5 Å². The van der Waals surface area contributed by atoms with Crippen molar-refractivity contribution in [3.8, 4) is 11.5 Å². The maximum absolute atomic E-state index is 13.6. The molecule has 0 aliphatic carbocycles. The van der Waals surface area contributed by atoms with Gasteiger partial charge in [-0.05, 0) is 48.1 Å². The topological polar surface area (TPSA) is 65.1 Å². The van der Waals surface area contributed by atoms with Crippen molar-refractivity contribution >= 4 is 12.0 Å². The van der Waals surface area contributed by atoms with E-state index in [1.54, 1.807) is 13.2 Å². The highest BCUT2D eigenvalue weighted by Crippen LogP contribution is 2.31. The Kier molecular flexibility index (Phi) is 8.40. The Balaban J connectivity index is 1.47. The van der Waals surface area contributed by atoms with E-state index in [1.165, 1.54) is 4.90 Å². The van der Waals surface area contributed by atoms with Crippen LogP contribution in [0.4, 0.5) is 4.79 Å². The van der Waals surface area contributed by atoms with Crippen molar-refractivity contribution in [3.05, 3.63) is 108 Å². The molecular formula is C30H31NO5. The number of methoxy groups -OCH3 is 1. The summed E-state index contributed by atoms with van der Waals surface area (Å²) in [7, 11) is 1.59. The molecule has 1 aliphatic rings. The van der Waals surface area contributed by atoms with Crippen molar-refractivity contribution in [1.82, 2.24) is 4.90 Å². The molecule has 1 saturated heterocycles. The lowest BCUT2D eigenvalue weighted by Gasteiger charge is -2.25. The lowest BCUT2D eigenvalue weighted by Crippen LogP contribution is -2.44. The molecule has 1 aliphatic heterocycles. The molecule has 1 heterocycles. The molecule has 3 aromatic carbocycles. The summed E-state index contributed by atoms with van der Waals surface area (Å²) in [6.07, 6.45) is 2.56. The van der Waals surface area contributed by atoms with Crippen LogP contribution in [0.3, 0.4) is 0 Å². The summed E-state index contributed by atoms with van der Waals surface area (Å²) >= 11 is 0. The van der Waals surface area contributed by atoms with Crippen molar-refractivity contribution in [2.45, 2.75) is 31.9 Å². The molecule has 186 valence electrons. The molecular weight excluding hydrogens is 454 g/mol. The molecule has 0 radical (unpaired) electrons. The number of carbonyl (C=O) groups excluding carboxylic acids is 2. The molecule has 0 spiro atoms. The summed E-state index contributed by atoms with van der Waals surface area (Å²) < 4.78 is 16.8. The highest BCUT2D eigenvalue weighted by atomic mass is 16.6. The first-order valence-corrected chi connectivity index (χ1v) is 12.1. The maximum Gasteiger partial charge on any atom is 0.416 e. The monoisotopic (exact) mass is 485 g/mol. The van der Waals surface area contributed by atoms with Crippen molar-refractivity contribution < 1.29 is 23.8 Å². The number of amides is 2. The fourth-order valence-corrected chi connectivity index (χ4v) is 4.41. The van der Waals surface area contributed by atoms with Gasteiger partial charge in [0.15, 0.2) is 11.5 Å². The molecule has 1 unspecified atom stereocenters. The van der Waals surface area contributed by atoms with Crippen LogP contribution in [0.15, 0.2) is 91.5 Å². The first-order valence-electron chi connectivity index (χ1n) is 12.1. The van der Waals surface area contributed by atoms with Crippen LogP contribution in [0.2, 0.25) is 0 Å². The molecule has 0 N–H and O–H groups in total. The van der Waals surface area contributed by atoms with Crippen LogP contribution in [0.1, 0.15) is 23.1 Å². The lowest BCUT2D eigenvalue weighted by molar-refractivity contribution is -0.133. The van der Waals surface area contributed by atoms with Gasteiger partial charge >= 0.3 is 6.09 Å². The zero-order chi connectivity index (χ0) is 25.3. The van der Waals surface area contributed by atoms with Crippen LogP contribution < -0.4 is 9.47 Å². The number of nitrogens with zero attached hydrogens (tertiary/aromatic N) is 1. The van der Waals surface area contributed by atoms with Crippen molar-refractivity contribution in [3.63, 3.8) is 0 Å². The summed E-state index contributed by atoms with van der Waals surface area (Å²) in [6.45, 7) is 4.45. The SMILES string of the molecule is C=CC[C@H](Cc1ccc(OCc2ccccc2)c(OC)c1)C(=O)N1C(=O)OCC1Cc1ccccc1. The number of imide groups is 1. The van der Waals surface area contributed by atoms with Crippen LogP contribution in [0.25, 0.3) is 0 Å². The van der Waals surface area contributed by atoms with Gasteiger partial charge in [0.2, 0.25) is 5.91 Å². The molecule has 6 nitrogen and oxygen atoms in total. The van der Waals surface area contributed by atoms with Gasteiger partial charge < -0.3 is 14.2 Å². The number of allylic oxidation sites excluding steroid dienone is 1. The Hall–Kier alpha value is -4.06. The standard InChI is InChI=1S/C30H31NO5/c1-3-10-25(29(32)31-26(21-36-30(31)33)18-22-11-6-4-7-12-22)17-24-15-16-27(28(19-24)34-2)35-20-23-13-8-5-9-14-23/h3-9,11-16,19,25-26H,1,10,17-18,20-21H2,2H3/t25-,26?/m1/s1. The first-order chi connectivity index (χ1) is 17.6. The average molecular weight is 486 g/mol. The number of rotatable bonds is 11. The van der Waals surface area contributed by atoms with Crippen molar-refractivity contribution in [2.75, 3.05) is 13.7 Å². The summed E-state index contributed by atoms with van der Waals surface area (Å²) in [5.74, 6) is 0.521. The number of cyclic esters (lactones) is 1. The predicted molar refractivity (Wildman–Crippen MR) is 138 cm³/mol. The molecule has 0 aromatic heterocycles. The van der Waals surface area contributed by atoms with E-state index in [2.05, 4.69) is 6.58 Å². The summed E-state index contributed by atoms with van der Waals surface area (Å²) in [5.41, 5.74) is 3.02. The van der Waals surface area contributed by atoms with E-state index < -0.39 is 12.0 Å². The summed E-state index contributed by atoms with van der Waals surface area (Å²) in [5, 5.41) is 0. The number of ether oxygens (including phenoxy) is 3. The Morgan fingerprint density at radius 3 is 2.39 bits per heavy atom. The normalized spacial score (nSPS) is 15.8. The summed E-state index contributed by atoms with van der Waals surface area (Å²) in [6, 6.07) is 25.0. The first kappa shape index (κ1) is 25.0. The van der Waals surface area contributed by atoms with E-state index in [0.717, 1.165) is 16.7 Å². The second kappa shape index (κ2) is 12.1.